The summed E-state index contributed by atoms with van der Waals surface area (Å²) >= 11 is 0. The Kier molecular flexibility index (Phi) is 7.12. The van der Waals surface area contributed by atoms with Gasteiger partial charge in [-0.1, -0.05) is 45.0 Å². The SMILES string of the molecule is Cc1c(NS(C)(=O)=O)cccc1C(=O)Nc1cccc(NC(=O)c2ccc(C(C)(C)C)cc2)c1. The van der Waals surface area contributed by atoms with Crippen LogP contribution in [0.2, 0.25) is 0 Å². The van der Waals surface area contributed by atoms with Crippen LogP contribution in [0.3, 0.4) is 0 Å². The van der Waals surface area contributed by atoms with Gasteiger partial charge in [0.25, 0.3) is 11.8 Å². The zero-order chi connectivity index (χ0) is 25.1. The highest BCUT2D eigenvalue weighted by Crippen LogP contribution is 2.24. The third kappa shape index (κ3) is 6.45. The molecular formula is C26H29N3O4S. The van der Waals surface area contributed by atoms with Gasteiger partial charge in [0.1, 0.15) is 0 Å². The fourth-order valence-electron chi connectivity index (χ4n) is 3.39. The smallest absolute Gasteiger partial charge is 0.256 e. The Labute approximate surface area is 200 Å². The Morgan fingerprint density at radius 3 is 1.91 bits per heavy atom. The van der Waals surface area contributed by atoms with Crippen LogP contribution in [-0.2, 0) is 15.4 Å². The maximum Gasteiger partial charge on any atom is 0.256 e. The lowest BCUT2D eigenvalue weighted by Crippen LogP contribution is -2.17. The van der Waals surface area contributed by atoms with Gasteiger partial charge in [0.05, 0.1) is 11.9 Å². The Morgan fingerprint density at radius 1 is 0.794 bits per heavy atom. The second-order valence-electron chi connectivity index (χ2n) is 9.17. The molecule has 8 heteroatoms. The van der Waals surface area contributed by atoms with Crippen molar-refractivity contribution in [2.24, 2.45) is 0 Å². The first kappa shape index (κ1) is 25.0. The number of carbonyl (C=O) groups is 2. The first-order valence-electron chi connectivity index (χ1n) is 10.7. The standard InChI is InChI=1S/C26H29N3O4S/c1-17-22(10-7-11-23(17)29-34(5,32)33)25(31)28-21-9-6-8-20(16-21)27-24(30)18-12-14-19(15-13-18)26(2,3)4/h6-16,29H,1-5H3,(H,27,30)(H,28,31). The van der Waals surface area contributed by atoms with Crippen LogP contribution in [0.25, 0.3) is 0 Å². The van der Waals surface area contributed by atoms with Gasteiger partial charge in [-0.25, -0.2) is 8.42 Å². The zero-order valence-corrected chi connectivity index (χ0v) is 20.7. The summed E-state index contributed by atoms with van der Waals surface area (Å²) in [6, 6.07) is 19.1. The van der Waals surface area contributed by atoms with Crippen LogP contribution >= 0.6 is 0 Å². The van der Waals surface area contributed by atoms with Crippen molar-refractivity contribution < 1.29 is 18.0 Å². The number of hydrogen-bond acceptors (Lipinski definition) is 4. The Morgan fingerprint density at radius 2 is 1.35 bits per heavy atom. The van der Waals surface area contributed by atoms with Gasteiger partial charge in [-0.15, -0.1) is 0 Å². The van der Waals surface area contributed by atoms with Crippen molar-refractivity contribution in [3.8, 4) is 0 Å². The lowest BCUT2D eigenvalue weighted by Gasteiger charge is -2.19. The monoisotopic (exact) mass is 479 g/mol. The van der Waals surface area contributed by atoms with E-state index in [-0.39, 0.29) is 11.3 Å². The van der Waals surface area contributed by atoms with E-state index in [0.717, 1.165) is 11.8 Å². The number of anilines is 3. The van der Waals surface area contributed by atoms with Gasteiger partial charge < -0.3 is 10.6 Å². The van der Waals surface area contributed by atoms with Crippen LogP contribution in [0.1, 0.15) is 52.6 Å². The molecule has 0 spiro atoms. The molecule has 0 saturated heterocycles. The topological polar surface area (TPSA) is 104 Å². The highest BCUT2D eigenvalue weighted by molar-refractivity contribution is 7.92. The van der Waals surface area contributed by atoms with Crippen molar-refractivity contribution in [3.05, 3.63) is 89.0 Å². The number of sulfonamides is 1. The molecule has 3 aromatic carbocycles. The first-order chi connectivity index (χ1) is 15.8. The lowest BCUT2D eigenvalue weighted by atomic mass is 9.87. The van der Waals surface area contributed by atoms with Gasteiger partial charge >= 0.3 is 0 Å². The Balaban J connectivity index is 1.73. The molecule has 3 N–H and O–H groups in total. The van der Waals surface area contributed by atoms with Crippen LogP contribution in [-0.4, -0.2) is 26.5 Å². The van der Waals surface area contributed by atoms with Crippen LogP contribution in [0.15, 0.2) is 66.7 Å². The van der Waals surface area contributed by atoms with Gasteiger partial charge in [-0.05, 0) is 65.9 Å². The second kappa shape index (κ2) is 9.69. The van der Waals surface area contributed by atoms with Gasteiger partial charge in [0.2, 0.25) is 10.0 Å². The van der Waals surface area contributed by atoms with Crippen LogP contribution in [0.4, 0.5) is 17.1 Å². The summed E-state index contributed by atoms with van der Waals surface area (Å²) in [5.41, 5.74) is 3.89. The average Bonchev–Trinajstić information content (AvgIpc) is 2.74. The number of carbonyl (C=O) groups excluding carboxylic acids is 2. The summed E-state index contributed by atoms with van der Waals surface area (Å²) in [4.78, 5) is 25.5. The lowest BCUT2D eigenvalue weighted by molar-refractivity contribution is 0.101. The summed E-state index contributed by atoms with van der Waals surface area (Å²) in [7, 11) is -3.47. The minimum Gasteiger partial charge on any atom is -0.322 e. The van der Waals surface area contributed by atoms with Crippen molar-refractivity contribution in [3.63, 3.8) is 0 Å². The van der Waals surface area contributed by atoms with Crippen molar-refractivity contribution in [1.82, 2.24) is 0 Å². The molecule has 0 fully saturated rings. The van der Waals surface area contributed by atoms with E-state index in [2.05, 4.69) is 36.1 Å². The largest absolute Gasteiger partial charge is 0.322 e. The molecule has 3 rings (SSSR count). The number of hydrogen-bond donors (Lipinski definition) is 3. The van der Waals surface area contributed by atoms with Crippen molar-refractivity contribution in [2.45, 2.75) is 33.1 Å². The molecule has 34 heavy (non-hydrogen) atoms. The molecule has 0 bridgehead atoms. The summed E-state index contributed by atoms with van der Waals surface area (Å²) in [6.07, 6.45) is 1.05. The van der Waals surface area contributed by atoms with Crippen molar-refractivity contribution >= 4 is 38.9 Å². The molecule has 0 aliphatic carbocycles. The molecular weight excluding hydrogens is 450 g/mol. The predicted molar refractivity (Wildman–Crippen MR) is 137 cm³/mol. The summed E-state index contributed by atoms with van der Waals surface area (Å²) in [5.74, 6) is -0.643. The number of benzene rings is 3. The molecule has 0 radical (unpaired) electrons. The molecule has 178 valence electrons. The van der Waals surface area contributed by atoms with Gasteiger partial charge in [0, 0.05) is 22.5 Å². The van der Waals surface area contributed by atoms with E-state index < -0.39 is 15.9 Å². The molecule has 0 saturated carbocycles. The van der Waals surface area contributed by atoms with Gasteiger partial charge in [0.15, 0.2) is 0 Å². The average molecular weight is 480 g/mol. The Bertz CT molecular complexity index is 1320. The number of nitrogens with one attached hydrogen (secondary N) is 3. The highest BCUT2D eigenvalue weighted by atomic mass is 32.2. The Hall–Kier alpha value is -3.65. The molecule has 0 aromatic heterocycles. The van der Waals surface area contributed by atoms with E-state index in [0.29, 0.717) is 33.8 Å². The fraction of sp³-hybridized carbons (Fsp3) is 0.231. The van der Waals surface area contributed by atoms with E-state index in [1.807, 2.05) is 12.1 Å². The highest BCUT2D eigenvalue weighted by Gasteiger charge is 2.16. The van der Waals surface area contributed by atoms with E-state index in [9.17, 15) is 18.0 Å². The van der Waals surface area contributed by atoms with Crippen LogP contribution in [0.5, 0.6) is 0 Å². The van der Waals surface area contributed by atoms with E-state index in [4.69, 9.17) is 0 Å². The molecule has 0 aliphatic rings. The predicted octanol–water partition coefficient (Wildman–Crippen LogP) is 5.17. The normalized spacial score (nSPS) is 11.6. The number of amides is 2. The summed E-state index contributed by atoms with van der Waals surface area (Å²) in [5, 5.41) is 5.65. The summed E-state index contributed by atoms with van der Waals surface area (Å²) in [6.45, 7) is 8.01. The molecule has 0 aliphatic heterocycles. The molecule has 0 unspecified atom stereocenters. The maximum atomic E-state index is 12.8. The quantitative estimate of drug-likeness (QED) is 0.454. The molecule has 0 atom stereocenters. The van der Waals surface area contributed by atoms with Gasteiger partial charge in [-0.3, -0.25) is 14.3 Å². The van der Waals surface area contributed by atoms with Crippen LogP contribution in [0, 0.1) is 6.92 Å². The summed E-state index contributed by atoms with van der Waals surface area (Å²) < 4.78 is 25.5. The van der Waals surface area contributed by atoms with Crippen molar-refractivity contribution in [1.29, 1.82) is 0 Å². The molecule has 2 amide bonds. The second-order valence-corrected chi connectivity index (χ2v) is 10.9. The minimum atomic E-state index is -3.47. The van der Waals surface area contributed by atoms with E-state index in [1.54, 1.807) is 61.5 Å². The zero-order valence-electron chi connectivity index (χ0n) is 19.9. The maximum absolute atomic E-state index is 12.8. The molecule has 7 nitrogen and oxygen atoms in total. The third-order valence-electron chi connectivity index (χ3n) is 5.27. The molecule has 0 heterocycles. The first-order valence-corrected chi connectivity index (χ1v) is 12.6. The van der Waals surface area contributed by atoms with E-state index in [1.165, 1.54) is 0 Å². The van der Waals surface area contributed by atoms with Crippen LogP contribution < -0.4 is 15.4 Å². The molecule has 3 aromatic rings. The van der Waals surface area contributed by atoms with E-state index >= 15 is 0 Å². The van der Waals surface area contributed by atoms with Gasteiger partial charge in [-0.2, -0.15) is 0 Å². The number of rotatable bonds is 6. The fourth-order valence-corrected chi connectivity index (χ4v) is 4.01. The third-order valence-corrected chi connectivity index (χ3v) is 5.86. The van der Waals surface area contributed by atoms with Crippen molar-refractivity contribution in [2.75, 3.05) is 21.6 Å². The minimum absolute atomic E-state index is 0.000273.